The van der Waals surface area contributed by atoms with Gasteiger partial charge in [-0.25, -0.2) is 0 Å². The number of carbonyl (C=O) groups is 2. The molecule has 2 aromatic carbocycles. The molecule has 0 heterocycles. The van der Waals surface area contributed by atoms with Crippen molar-refractivity contribution < 1.29 is 9.59 Å². The number of hydrogen-bond donors (Lipinski definition) is 2. The minimum Gasteiger partial charge on any atom is -0.347 e. The van der Waals surface area contributed by atoms with Crippen LogP contribution in [0.25, 0.3) is 0 Å². The minimum atomic E-state index is 0.0432. The van der Waals surface area contributed by atoms with Crippen LogP contribution >= 0.6 is 0 Å². The minimum absolute atomic E-state index is 0.0432. The lowest BCUT2D eigenvalue weighted by atomic mass is 9.53. The van der Waals surface area contributed by atoms with Crippen molar-refractivity contribution in [3.05, 3.63) is 70.8 Å². The highest BCUT2D eigenvalue weighted by molar-refractivity contribution is 5.95. The Morgan fingerprint density at radius 2 is 0.825 bits per heavy atom. The summed E-state index contributed by atoms with van der Waals surface area (Å²) in [7, 11) is 0. The third kappa shape index (κ3) is 4.41. The highest BCUT2D eigenvalue weighted by atomic mass is 16.2. The van der Waals surface area contributed by atoms with Gasteiger partial charge in [0.15, 0.2) is 0 Å². The molecule has 4 nitrogen and oxygen atoms in total. The smallest absolute Gasteiger partial charge is 0.251 e. The number of carbonyl (C=O) groups excluding carboxylic acids is 2. The second-order valence-corrected chi connectivity index (χ2v) is 15.3. The Balaban J connectivity index is 0.909. The molecule has 8 aliphatic rings. The van der Waals surface area contributed by atoms with Crippen LogP contribution in [-0.4, -0.2) is 22.9 Å². The number of nitrogens with one attached hydrogen (secondary N) is 2. The van der Waals surface area contributed by atoms with E-state index in [0.29, 0.717) is 0 Å². The molecule has 4 heteroatoms. The largest absolute Gasteiger partial charge is 0.347 e. The fraction of sp³-hybridized carbons (Fsp3) is 0.611. The quantitative estimate of drug-likeness (QED) is 0.409. The zero-order valence-electron chi connectivity index (χ0n) is 24.0. The first kappa shape index (κ1) is 25.1. The molecular weight excluding hydrogens is 492 g/mol. The summed E-state index contributed by atoms with van der Waals surface area (Å²) in [6, 6.07) is 16.4. The lowest BCUT2D eigenvalue weighted by Gasteiger charge is -2.56. The van der Waals surface area contributed by atoms with Crippen LogP contribution in [-0.2, 0) is 0 Å². The van der Waals surface area contributed by atoms with Gasteiger partial charge >= 0.3 is 0 Å². The van der Waals surface area contributed by atoms with Crippen molar-refractivity contribution in [3.8, 4) is 0 Å². The summed E-state index contributed by atoms with van der Waals surface area (Å²) in [5.74, 6) is 5.32. The Bertz CT molecular complexity index is 1140. The highest BCUT2D eigenvalue weighted by Gasteiger charge is 2.52. The zero-order valence-corrected chi connectivity index (χ0v) is 24.0. The van der Waals surface area contributed by atoms with Gasteiger partial charge < -0.3 is 10.6 Å². The van der Waals surface area contributed by atoms with E-state index in [1.807, 2.05) is 24.3 Å². The van der Waals surface area contributed by atoms with E-state index in [9.17, 15) is 9.59 Å². The van der Waals surface area contributed by atoms with Crippen LogP contribution in [0.15, 0.2) is 48.5 Å². The van der Waals surface area contributed by atoms with Crippen LogP contribution in [0.3, 0.4) is 0 Å². The SMILES string of the molecule is CC(c1ccc(C(=O)NC23CC4CC(CC(C4)C2)C3)cc1)c1ccc(C(=O)NC23CC4CC(CC(C4)C2)C3)cc1. The van der Waals surface area contributed by atoms with Gasteiger partial charge in [-0.2, -0.15) is 0 Å². The monoisotopic (exact) mass is 536 g/mol. The Labute approximate surface area is 239 Å². The number of amides is 2. The zero-order chi connectivity index (χ0) is 27.1. The van der Waals surface area contributed by atoms with E-state index in [1.165, 1.54) is 88.2 Å². The predicted octanol–water partition coefficient (Wildman–Crippen LogP) is 7.24. The number of hydrogen-bond acceptors (Lipinski definition) is 2. The molecule has 0 saturated heterocycles. The van der Waals surface area contributed by atoms with Gasteiger partial charge in [-0.05, 0) is 148 Å². The first-order valence-corrected chi connectivity index (χ1v) is 16.2. The van der Waals surface area contributed by atoms with Crippen molar-refractivity contribution in [3.63, 3.8) is 0 Å². The van der Waals surface area contributed by atoms with Crippen LogP contribution in [0.1, 0.15) is 122 Å². The van der Waals surface area contributed by atoms with Crippen LogP contribution in [0, 0.1) is 35.5 Å². The van der Waals surface area contributed by atoms with Crippen molar-refractivity contribution in [2.24, 2.45) is 35.5 Å². The second-order valence-electron chi connectivity index (χ2n) is 15.3. The Morgan fingerprint density at radius 3 is 1.10 bits per heavy atom. The maximum atomic E-state index is 13.3. The van der Waals surface area contributed by atoms with Crippen molar-refractivity contribution >= 4 is 11.8 Å². The van der Waals surface area contributed by atoms with Gasteiger partial charge in [0.25, 0.3) is 11.8 Å². The summed E-state index contributed by atoms with van der Waals surface area (Å²) in [6.07, 6.45) is 15.4. The standard InChI is InChI=1S/C36H44N2O2/c1-22(29-2-6-31(7-3-29)33(39)37-35-16-23-10-24(17-35)12-25(11-23)18-35)30-4-8-32(9-5-30)34(40)38-36-19-26-13-27(20-36)15-28(14-26)21-36/h2-9,22-28H,10-21H2,1H3,(H,37,39)(H,38,40). The van der Waals surface area contributed by atoms with E-state index in [-0.39, 0.29) is 28.8 Å². The van der Waals surface area contributed by atoms with Crippen LogP contribution in [0.5, 0.6) is 0 Å². The highest BCUT2D eigenvalue weighted by Crippen LogP contribution is 2.56. The lowest BCUT2D eigenvalue weighted by molar-refractivity contribution is -0.0171. The van der Waals surface area contributed by atoms with Crippen molar-refractivity contribution in [1.82, 2.24) is 10.6 Å². The summed E-state index contributed by atoms with van der Waals surface area (Å²) in [5.41, 5.74) is 4.00. The molecule has 0 aliphatic heterocycles. The van der Waals surface area contributed by atoms with Crippen LogP contribution in [0.4, 0.5) is 0 Å². The van der Waals surface area contributed by atoms with Gasteiger partial charge in [0.1, 0.15) is 0 Å². The van der Waals surface area contributed by atoms with Crippen molar-refractivity contribution in [1.29, 1.82) is 0 Å². The summed E-state index contributed by atoms with van der Waals surface area (Å²) in [6.45, 7) is 2.20. The molecule has 0 aromatic heterocycles. The molecule has 8 saturated carbocycles. The maximum Gasteiger partial charge on any atom is 0.251 e. The fourth-order valence-corrected chi connectivity index (χ4v) is 11.2. The summed E-state index contributed by atoms with van der Waals surface area (Å²) < 4.78 is 0. The molecule has 2 aromatic rings. The van der Waals surface area contributed by atoms with E-state index in [1.54, 1.807) is 0 Å². The molecule has 8 fully saturated rings. The van der Waals surface area contributed by atoms with E-state index >= 15 is 0 Å². The van der Waals surface area contributed by atoms with E-state index in [2.05, 4.69) is 41.8 Å². The normalized spacial score (nSPS) is 39.2. The molecule has 0 atom stereocenters. The molecule has 0 unspecified atom stereocenters. The molecule has 8 bridgehead atoms. The maximum absolute atomic E-state index is 13.3. The fourth-order valence-electron chi connectivity index (χ4n) is 11.2. The second kappa shape index (κ2) is 9.19. The summed E-state index contributed by atoms with van der Waals surface area (Å²) in [5, 5.41) is 7.02. The van der Waals surface area contributed by atoms with E-state index < -0.39 is 0 Å². The molecule has 2 N–H and O–H groups in total. The first-order valence-electron chi connectivity index (χ1n) is 16.2. The molecule has 8 aliphatic carbocycles. The molecule has 0 radical (unpaired) electrons. The Kier molecular flexibility index (Phi) is 5.77. The number of rotatable bonds is 6. The summed E-state index contributed by atoms with van der Waals surface area (Å²) >= 11 is 0. The Morgan fingerprint density at radius 1 is 0.550 bits per heavy atom. The Hall–Kier alpha value is -2.62. The van der Waals surface area contributed by atoms with Gasteiger partial charge in [-0.1, -0.05) is 31.2 Å². The molecule has 10 rings (SSSR count). The van der Waals surface area contributed by atoms with Gasteiger partial charge in [-0.3, -0.25) is 9.59 Å². The predicted molar refractivity (Wildman–Crippen MR) is 157 cm³/mol. The van der Waals surface area contributed by atoms with Gasteiger partial charge in [0.2, 0.25) is 0 Å². The summed E-state index contributed by atoms with van der Waals surface area (Å²) in [4.78, 5) is 26.5. The van der Waals surface area contributed by atoms with Crippen molar-refractivity contribution in [2.75, 3.05) is 0 Å². The average Bonchev–Trinajstić information content (AvgIpc) is 2.91. The van der Waals surface area contributed by atoms with Crippen molar-refractivity contribution in [2.45, 2.75) is 101 Å². The van der Waals surface area contributed by atoms with Crippen LogP contribution < -0.4 is 10.6 Å². The van der Waals surface area contributed by atoms with Crippen LogP contribution in [0.2, 0.25) is 0 Å². The topological polar surface area (TPSA) is 58.2 Å². The molecule has 210 valence electrons. The third-order valence-corrected chi connectivity index (χ3v) is 12.2. The number of benzene rings is 2. The molecule has 40 heavy (non-hydrogen) atoms. The van der Waals surface area contributed by atoms with Gasteiger partial charge in [0.05, 0.1) is 0 Å². The van der Waals surface area contributed by atoms with Gasteiger partial charge in [0, 0.05) is 28.1 Å². The van der Waals surface area contributed by atoms with E-state index in [0.717, 1.165) is 46.6 Å². The molecule has 0 spiro atoms. The third-order valence-electron chi connectivity index (χ3n) is 12.2. The van der Waals surface area contributed by atoms with Gasteiger partial charge in [-0.15, -0.1) is 0 Å². The average molecular weight is 537 g/mol. The molecule has 2 amide bonds. The first-order chi connectivity index (χ1) is 19.3. The lowest BCUT2D eigenvalue weighted by Crippen LogP contribution is -2.59. The molecular formula is C36H44N2O2. The van der Waals surface area contributed by atoms with E-state index in [4.69, 9.17) is 0 Å².